The molecule has 108 valence electrons. The van der Waals surface area contributed by atoms with Crippen molar-refractivity contribution in [2.45, 2.75) is 45.3 Å². The number of piperazine rings is 1. The second-order valence-electron chi connectivity index (χ2n) is 5.30. The Labute approximate surface area is 117 Å². The standard InChI is InChI=1S/C14H18FN3O2/c1-4-14(3)13(20)18(9(2)12(19)17-14)8-10-5-11(15)7-16-6-10/h5-7,9H,4,8H2,1-3H3,(H,17,19). The monoisotopic (exact) mass is 279 g/mol. The van der Waals surface area contributed by atoms with E-state index < -0.39 is 17.4 Å². The highest BCUT2D eigenvalue weighted by molar-refractivity contribution is 5.99. The molecule has 0 aromatic carbocycles. The molecule has 0 saturated carbocycles. The summed E-state index contributed by atoms with van der Waals surface area (Å²) in [5.41, 5.74) is -0.331. The maximum Gasteiger partial charge on any atom is 0.249 e. The van der Waals surface area contributed by atoms with Gasteiger partial charge in [-0.25, -0.2) is 4.39 Å². The number of hydrogen-bond acceptors (Lipinski definition) is 3. The minimum atomic E-state index is -0.898. The van der Waals surface area contributed by atoms with E-state index in [4.69, 9.17) is 0 Å². The third-order valence-corrected chi connectivity index (χ3v) is 3.80. The first-order valence-corrected chi connectivity index (χ1v) is 6.60. The summed E-state index contributed by atoms with van der Waals surface area (Å²) in [6.45, 7) is 5.38. The Balaban J connectivity index is 2.28. The quantitative estimate of drug-likeness (QED) is 0.905. The molecule has 1 aromatic heterocycles. The molecule has 0 aliphatic carbocycles. The predicted octanol–water partition coefficient (Wildman–Crippen LogP) is 1.24. The maximum absolute atomic E-state index is 13.2. The SMILES string of the molecule is CCC1(C)NC(=O)C(C)N(Cc2cncc(F)c2)C1=O. The number of carbonyl (C=O) groups is 2. The van der Waals surface area contributed by atoms with Crippen LogP contribution >= 0.6 is 0 Å². The third kappa shape index (κ3) is 2.50. The molecule has 5 nitrogen and oxygen atoms in total. The van der Waals surface area contributed by atoms with Gasteiger partial charge in [-0.3, -0.25) is 14.6 Å². The van der Waals surface area contributed by atoms with Gasteiger partial charge in [0.2, 0.25) is 11.8 Å². The molecule has 0 spiro atoms. The first-order chi connectivity index (χ1) is 9.37. The molecule has 2 unspecified atom stereocenters. The normalized spacial score (nSPS) is 26.6. The van der Waals surface area contributed by atoms with Crippen LogP contribution in [0.4, 0.5) is 4.39 Å². The van der Waals surface area contributed by atoms with Gasteiger partial charge in [0.15, 0.2) is 0 Å². The number of halogens is 1. The van der Waals surface area contributed by atoms with Crippen molar-refractivity contribution in [1.82, 2.24) is 15.2 Å². The summed E-state index contributed by atoms with van der Waals surface area (Å²) in [5, 5.41) is 2.75. The molecular weight excluding hydrogens is 261 g/mol. The Morgan fingerprint density at radius 3 is 2.75 bits per heavy atom. The smallest absolute Gasteiger partial charge is 0.249 e. The van der Waals surface area contributed by atoms with Gasteiger partial charge >= 0.3 is 0 Å². The number of nitrogens with zero attached hydrogens (tertiary/aromatic N) is 2. The minimum absolute atomic E-state index is 0.156. The van der Waals surface area contributed by atoms with Gasteiger partial charge in [-0.1, -0.05) is 6.92 Å². The molecule has 1 aliphatic heterocycles. The Hall–Kier alpha value is -1.98. The predicted molar refractivity (Wildman–Crippen MR) is 71.0 cm³/mol. The van der Waals surface area contributed by atoms with E-state index in [1.807, 2.05) is 6.92 Å². The Morgan fingerprint density at radius 1 is 1.45 bits per heavy atom. The molecule has 1 N–H and O–H groups in total. The number of hydrogen-bond donors (Lipinski definition) is 1. The lowest BCUT2D eigenvalue weighted by atomic mass is 9.92. The molecule has 2 heterocycles. The molecule has 20 heavy (non-hydrogen) atoms. The lowest BCUT2D eigenvalue weighted by Gasteiger charge is -2.43. The van der Waals surface area contributed by atoms with Crippen molar-refractivity contribution in [2.24, 2.45) is 0 Å². The summed E-state index contributed by atoms with van der Waals surface area (Å²) in [7, 11) is 0. The second kappa shape index (κ2) is 5.19. The van der Waals surface area contributed by atoms with Gasteiger partial charge in [0, 0.05) is 12.7 Å². The molecule has 1 aliphatic rings. The molecule has 6 heteroatoms. The molecule has 1 saturated heterocycles. The number of nitrogens with one attached hydrogen (secondary N) is 1. The van der Waals surface area contributed by atoms with Crippen LogP contribution in [-0.2, 0) is 16.1 Å². The lowest BCUT2D eigenvalue weighted by Crippen LogP contribution is -2.68. The summed E-state index contributed by atoms with van der Waals surface area (Å²) in [6.07, 6.45) is 3.11. The van der Waals surface area contributed by atoms with Crippen molar-refractivity contribution in [3.05, 3.63) is 29.8 Å². The van der Waals surface area contributed by atoms with E-state index in [0.717, 1.165) is 6.20 Å². The average Bonchev–Trinajstić information content (AvgIpc) is 2.41. The van der Waals surface area contributed by atoms with Crippen LogP contribution in [0.2, 0.25) is 0 Å². The van der Waals surface area contributed by atoms with Crippen molar-refractivity contribution in [2.75, 3.05) is 0 Å². The van der Waals surface area contributed by atoms with Crippen LogP contribution < -0.4 is 5.32 Å². The van der Waals surface area contributed by atoms with Crippen LogP contribution in [0.15, 0.2) is 18.5 Å². The Morgan fingerprint density at radius 2 is 2.15 bits per heavy atom. The largest absolute Gasteiger partial charge is 0.340 e. The summed E-state index contributed by atoms with van der Waals surface area (Å²) in [5.74, 6) is -0.808. The molecular formula is C14H18FN3O2. The molecule has 2 amide bonds. The van der Waals surface area contributed by atoms with Crippen LogP contribution in [0.5, 0.6) is 0 Å². The van der Waals surface area contributed by atoms with Crippen molar-refractivity contribution in [3.63, 3.8) is 0 Å². The van der Waals surface area contributed by atoms with Crippen molar-refractivity contribution in [1.29, 1.82) is 0 Å². The first kappa shape index (κ1) is 14.4. The van der Waals surface area contributed by atoms with E-state index in [9.17, 15) is 14.0 Å². The molecule has 2 atom stereocenters. The van der Waals surface area contributed by atoms with Gasteiger partial charge in [0.05, 0.1) is 6.20 Å². The van der Waals surface area contributed by atoms with Gasteiger partial charge in [0.1, 0.15) is 17.4 Å². The highest BCUT2D eigenvalue weighted by Crippen LogP contribution is 2.23. The fourth-order valence-electron chi connectivity index (χ4n) is 2.25. The minimum Gasteiger partial charge on any atom is -0.340 e. The van der Waals surface area contributed by atoms with E-state index in [0.29, 0.717) is 12.0 Å². The number of aromatic nitrogens is 1. The summed E-state index contributed by atoms with van der Waals surface area (Å²) in [6, 6.07) is 0.744. The zero-order valence-corrected chi connectivity index (χ0v) is 11.8. The van der Waals surface area contributed by atoms with Crippen molar-refractivity contribution in [3.8, 4) is 0 Å². The average molecular weight is 279 g/mol. The van der Waals surface area contributed by atoms with E-state index in [1.165, 1.54) is 17.2 Å². The third-order valence-electron chi connectivity index (χ3n) is 3.80. The molecule has 1 fully saturated rings. The number of rotatable bonds is 3. The second-order valence-corrected chi connectivity index (χ2v) is 5.30. The topological polar surface area (TPSA) is 62.3 Å². The molecule has 0 bridgehead atoms. The van der Waals surface area contributed by atoms with Crippen molar-refractivity contribution < 1.29 is 14.0 Å². The molecule has 2 rings (SSSR count). The number of carbonyl (C=O) groups excluding carboxylic acids is 2. The fourth-order valence-corrected chi connectivity index (χ4v) is 2.25. The Bertz CT molecular complexity index is 549. The maximum atomic E-state index is 13.2. The fraction of sp³-hybridized carbons (Fsp3) is 0.500. The van der Waals surface area contributed by atoms with Gasteiger partial charge in [-0.2, -0.15) is 0 Å². The van der Waals surface area contributed by atoms with Crippen LogP contribution in [0.25, 0.3) is 0 Å². The first-order valence-electron chi connectivity index (χ1n) is 6.60. The van der Waals surface area contributed by atoms with Crippen LogP contribution in [0.3, 0.4) is 0 Å². The van der Waals surface area contributed by atoms with E-state index in [-0.39, 0.29) is 18.4 Å². The highest BCUT2D eigenvalue weighted by Gasteiger charge is 2.45. The van der Waals surface area contributed by atoms with E-state index >= 15 is 0 Å². The Kier molecular flexibility index (Phi) is 3.74. The summed E-state index contributed by atoms with van der Waals surface area (Å²) < 4.78 is 13.2. The number of pyridine rings is 1. The molecule has 1 aromatic rings. The lowest BCUT2D eigenvalue weighted by molar-refractivity contribution is -0.154. The van der Waals surface area contributed by atoms with Crippen LogP contribution in [0, 0.1) is 5.82 Å². The molecule has 0 radical (unpaired) electrons. The van der Waals surface area contributed by atoms with E-state index in [1.54, 1.807) is 13.8 Å². The highest BCUT2D eigenvalue weighted by atomic mass is 19.1. The zero-order chi connectivity index (χ0) is 14.9. The summed E-state index contributed by atoms with van der Waals surface area (Å²) >= 11 is 0. The van der Waals surface area contributed by atoms with Gasteiger partial charge in [-0.15, -0.1) is 0 Å². The van der Waals surface area contributed by atoms with E-state index in [2.05, 4.69) is 10.3 Å². The van der Waals surface area contributed by atoms with Crippen LogP contribution in [-0.4, -0.2) is 33.3 Å². The summed E-state index contributed by atoms with van der Waals surface area (Å²) in [4.78, 5) is 29.7. The number of amides is 2. The van der Waals surface area contributed by atoms with Gasteiger partial charge < -0.3 is 10.2 Å². The van der Waals surface area contributed by atoms with Gasteiger partial charge in [-0.05, 0) is 31.9 Å². The van der Waals surface area contributed by atoms with Crippen molar-refractivity contribution >= 4 is 11.8 Å². The van der Waals surface area contributed by atoms with Gasteiger partial charge in [0.25, 0.3) is 0 Å². The van der Waals surface area contributed by atoms with Crippen LogP contribution in [0.1, 0.15) is 32.8 Å². The zero-order valence-electron chi connectivity index (χ0n) is 11.8.